The first-order chi connectivity index (χ1) is 6.89. The second-order valence-electron chi connectivity index (χ2n) is 2.96. The topological polar surface area (TPSA) is 42.0 Å². The maximum Gasteiger partial charge on any atom is 0.433 e. The van der Waals surface area contributed by atoms with Crippen molar-refractivity contribution < 1.29 is 18.0 Å². The molecule has 15 heavy (non-hydrogen) atoms. The summed E-state index contributed by atoms with van der Waals surface area (Å²) in [7, 11) is 0. The van der Waals surface area contributed by atoms with Gasteiger partial charge in [0.25, 0.3) is 0 Å². The van der Waals surface area contributed by atoms with Crippen molar-refractivity contribution in [3.05, 3.63) is 29.6 Å². The molecule has 0 aliphatic rings. The maximum atomic E-state index is 12.1. The van der Waals surface area contributed by atoms with Crippen LogP contribution in [-0.2, 0) is 17.5 Å². The van der Waals surface area contributed by atoms with Gasteiger partial charge in [0, 0.05) is 19.7 Å². The molecule has 0 aliphatic carbocycles. The lowest BCUT2D eigenvalue weighted by atomic mass is 10.2. The molecule has 1 rings (SSSR count). The molecule has 82 valence electrons. The Hall–Kier alpha value is -1.59. The number of carbonyl (C=O) groups is 1. The van der Waals surface area contributed by atoms with Crippen LogP contribution in [0.3, 0.4) is 0 Å². The lowest BCUT2D eigenvalue weighted by Gasteiger charge is -2.06. The van der Waals surface area contributed by atoms with Crippen LogP contribution in [0.5, 0.6) is 0 Å². The van der Waals surface area contributed by atoms with Crippen molar-refractivity contribution in [2.24, 2.45) is 0 Å². The van der Waals surface area contributed by atoms with Crippen molar-refractivity contribution >= 4 is 5.91 Å². The van der Waals surface area contributed by atoms with E-state index in [4.69, 9.17) is 0 Å². The van der Waals surface area contributed by atoms with Crippen LogP contribution < -0.4 is 5.32 Å². The molecule has 6 heteroatoms. The molecule has 0 atom stereocenters. The van der Waals surface area contributed by atoms with Crippen LogP contribution in [0.1, 0.15) is 18.2 Å². The molecule has 0 unspecified atom stereocenters. The molecule has 1 heterocycles. The van der Waals surface area contributed by atoms with Crippen LogP contribution in [0.2, 0.25) is 0 Å². The van der Waals surface area contributed by atoms with Gasteiger partial charge in [-0.15, -0.1) is 0 Å². The summed E-state index contributed by atoms with van der Waals surface area (Å²) >= 11 is 0. The van der Waals surface area contributed by atoms with Crippen LogP contribution in [0.25, 0.3) is 0 Å². The number of hydrogen-bond donors (Lipinski definition) is 1. The van der Waals surface area contributed by atoms with Crippen molar-refractivity contribution in [3.63, 3.8) is 0 Å². The maximum absolute atomic E-state index is 12.1. The smallest absolute Gasteiger partial charge is 0.352 e. The fraction of sp³-hybridized carbons (Fsp3) is 0.333. The van der Waals surface area contributed by atoms with E-state index in [1.54, 1.807) is 0 Å². The Morgan fingerprint density at radius 3 is 2.53 bits per heavy atom. The summed E-state index contributed by atoms with van der Waals surface area (Å²) in [6.07, 6.45) is -3.33. The molecule has 1 N–H and O–H groups in total. The second kappa shape index (κ2) is 4.29. The Labute approximate surface area is 84.3 Å². The Bertz CT molecular complexity index is 345. The molecular weight excluding hydrogens is 209 g/mol. The zero-order valence-corrected chi connectivity index (χ0v) is 7.93. The van der Waals surface area contributed by atoms with Gasteiger partial charge in [0.1, 0.15) is 5.69 Å². The van der Waals surface area contributed by atoms with Crippen molar-refractivity contribution in [1.29, 1.82) is 0 Å². The van der Waals surface area contributed by atoms with E-state index in [0.29, 0.717) is 5.56 Å². The fourth-order valence-corrected chi connectivity index (χ4v) is 0.923. The van der Waals surface area contributed by atoms with Gasteiger partial charge in [-0.1, -0.05) is 6.07 Å². The second-order valence-corrected chi connectivity index (χ2v) is 2.96. The number of hydrogen-bond acceptors (Lipinski definition) is 2. The number of amides is 1. The SMILES string of the molecule is CC(=O)NCc1ccc(C(F)(F)F)nc1. The molecule has 1 amide bonds. The first-order valence-corrected chi connectivity index (χ1v) is 4.16. The molecule has 0 spiro atoms. The van der Waals surface area contributed by atoms with Crippen LogP contribution >= 0.6 is 0 Å². The predicted molar refractivity (Wildman–Crippen MR) is 46.8 cm³/mol. The quantitative estimate of drug-likeness (QED) is 0.821. The minimum Gasteiger partial charge on any atom is -0.352 e. The molecule has 1 aromatic rings. The van der Waals surface area contributed by atoms with Crippen molar-refractivity contribution in [1.82, 2.24) is 10.3 Å². The monoisotopic (exact) mass is 218 g/mol. The Kier molecular flexibility index (Phi) is 3.28. The minimum absolute atomic E-state index is 0.181. The molecule has 1 aromatic heterocycles. The van der Waals surface area contributed by atoms with Gasteiger partial charge in [-0.05, 0) is 11.6 Å². The highest BCUT2D eigenvalue weighted by molar-refractivity contribution is 5.72. The van der Waals surface area contributed by atoms with Gasteiger partial charge in [0.2, 0.25) is 5.91 Å². The molecule has 0 saturated carbocycles. The van der Waals surface area contributed by atoms with Gasteiger partial charge in [-0.25, -0.2) is 0 Å². The zero-order chi connectivity index (χ0) is 11.5. The number of nitrogens with zero attached hydrogens (tertiary/aromatic N) is 1. The Morgan fingerprint density at radius 2 is 2.13 bits per heavy atom. The van der Waals surface area contributed by atoms with Gasteiger partial charge in [0.15, 0.2) is 0 Å². The largest absolute Gasteiger partial charge is 0.433 e. The molecule has 0 aromatic carbocycles. The van der Waals surface area contributed by atoms with Gasteiger partial charge >= 0.3 is 6.18 Å². The van der Waals surface area contributed by atoms with Crippen molar-refractivity contribution in [2.45, 2.75) is 19.6 Å². The first kappa shape index (κ1) is 11.5. The third kappa shape index (κ3) is 3.57. The first-order valence-electron chi connectivity index (χ1n) is 4.16. The summed E-state index contributed by atoms with van der Waals surface area (Å²) < 4.78 is 36.3. The number of carbonyl (C=O) groups excluding carboxylic acids is 1. The van der Waals surface area contributed by atoms with Gasteiger partial charge < -0.3 is 5.32 Å². The Balaban J connectivity index is 2.69. The molecular formula is C9H9F3N2O. The van der Waals surface area contributed by atoms with E-state index in [0.717, 1.165) is 12.3 Å². The standard InChI is InChI=1S/C9H9F3N2O/c1-6(15)13-4-7-2-3-8(14-5-7)9(10,11)12/h2-3,5H,4H2,1H3,(H,13,15). The number of aromatic nitrogens is 1. The average Bonchev–Trinajstić information content (AvgIpc) is 2.14. The molecule has 0 aliphatic heterocycles. The third-order valence-electron chi connectivity index (χ3n) is 1.66. The van der Waals surface area contributed by atoms with E-state index in [9.17, 15) is 18.0 Å². The molecule has 0 radical (unpaired) electrons. The number of alkyl halides is 3. The summed E-state index contributed by atoms with van der Waals surface area (Å²) in [5.74, 6) is -0.241. The van der Waals surface area contributed by atoms with Crippen LogP contribution in [0, 0.1) is 0 Å². The summed E-state index contributed by atoms with van der Waals surface area (Å²) in [6, 6.07) is 2.17. The highest BCUT2D eigenvalue weighted by Crippen LogP contribution is 2.27. The average molecular weight is 218 g/mol. The molecule has 0 saturated heterocycles. The van der Waals surface area contributed by atoms with E-state index < -0.39 is 11.9 Å². The number of rotatable bonds is 2. The lowest BCUT2D eigenvalue weighted by molar-refractivity contribution is -0.141. The van der Waals surface area contributed by atoms with E-state index in [1.165, 1.54) is 13.0 Å². The summed E-state index contributed by atoms with van der Waals surface area (Å²) in [4.78, 5) is 13.8. The summed E-state index contributed by atoms with van der Waals surface area (Å²) in [5, 5.41) is 2.46. The van der Waals surface area contributed by atoms with Gasteiger partial charge in [0.05, 0.1) is 0 Å². The fourth-order valence-electron chi connectivity index (χ4n) is 0.923. The van der Waals surface area contributed by atoms with Crippen LogP contribution in [-0.4, -0.2) is 10.9 Å². The number of halogens is 3. The normalized spacial score (nSPS) is 11.2. The van der Waals surface area contributed by atoms with Crippen molar-refractivity contribution in [3.8, 4) is 0 Å². The lowest BCUT2D eigenvalue weighted by Crippen LogP contribution is -2.19. The number of nitrogens with one attached hydrogen (secondary N) is 1. The highest BCUT2D eigenvalue weighted by Gasteiger charge is 2.31. The number of pyridine rings is 1. The van der Waals surface area contributed by atoms with Crippen LogP contribution in [0.4, 0.5) is 13.2 Å². The molecule has 3 nitrogen and oxygen atoms in total. The van der Waals surface area contributed by atoms with Gasteiger partial charge in [-0.2, -0.15) is 13.2 Å². The van der Waals surface area contributed by atoms with E-state index in [2.05, 4.69) is 10.3 Å². The van der Waals surface area contributed by atoms with Crippen molar-refractivity contribution in [2.75, 3.05) is 0 Å². The highest BCUT2D eigenvalue weighted by atomic mass is 19.4. The summed E-state index contributed by atoms with van der Waals surface area (Å²) in [6.45, 7) is 1.51. The third-order valence-corrected chi connectivity index (χ3v) is 1.66. The van der Waals surface area contributed by atoms with Crippen LogP contribution in [0.15, 0.2) is 18.3 Å². The predicted octanol–water partition coefficient (Wildman–Crippen LogP) is 1.74. The van der Waals surface area contributed by atoms with E-state index in [1.807, 2.05) is 0 Å². The van der Waals surface area contributed by atoms with E-state index in [-0.39, 0.29) is 12.5 Å². The minimum atomic E-state index is -4.42. The zero-order valence-electron chi connectivity index (χ0n) is 7.93. The summed E-state index contributed by atoms with van der Waals surface area (Å²) in [5.41, 5.74) is -0.410. The molecule has 0 fully saturated rings. The van der Waals surface area contributed by atoms with Gasteiger partial charge in [-0.3, -0.25) is 9.78 Å². The van der Waals surface area contributed by atoms with E-state index >= 15 is 0 Å². The molecule has 0 bridgehead atoms. The Morgan fingerprint density at radius 1 is 1.47 bits per heavy atom.